The van der Waals surface area contributed by atoms with Gasteiger partial charge in [0.25, 0.3) is 0 Å². The molecule has 2 rings (SSSR count). The Hall–Kier alpha value is -2.58. The van der Waals surface area contributed by atoms with Crippen molar-refractivity contribution in [3.05, 3.63) is 65.2 Å². The Balaban J connectivity index is 2.16. The van der Waals surface area contributed by atoms with E-state index in [4.69, 9.17) is 11.6 Å². The van der Waals surface area contributed by atoms with Crippen molar-refractivity contribution >= 4 is 39.1 Å². The predicted octanol–water partition coefficient (Wildman–Crippen LogP) is 3.83. The van der Waals surface area contributed by atoms with Crippen LogP contribution in [0.15, 0.2) is 54.6 Å². The number of nitrogens with zero attached hydrogens (tertiary/aromatic N) is 2. The van der Waals surface area contributed by atoms with Gasteiger partial charge in [-0.3, -0.25) is 13.9 Å². The van der Waals surface area contributed by atoms with Crippen molar-refractivity contribution in [1.29, 1.82) is 0 Å². The van der Waals surface area contributed by atoms with Crippen LogP contribution in [0.1, 0.15) is 39.2 Å². The van der Waals surface area contributed by atoms with E-state index >= 15 is 0 Å². The Labute approximate surface area is 201 Å². The topological polar surface area (TPSA) is 86.8 Å². The number of para-hydroxylation sites is 1. The molecule has 1 atom stereocenters. The van der Waals surface area contributed by atoms with Crippen LogP contribution in [0, 0.1) is 0 Å². The molecule has 0 radical (unpaired) electrons. The van der Waals surface area contributed by atoms with Crippen LogP contribution in [0.5, 0.6) is 0 Å². The lowest BCUT2D eigenvalue weighted by Gasteiger charge is -2.30. The summed E-state index contributed by atoms with van der Waals surface area (Å²) >= 11 is 6.29. The number of carbonyl (C=O) groups excluding carboxylic acids is 2. The lowest BCUT2D eigenvalue weighted by atomic mass is 10.1. The van der Waals surface area contributed by atoms with E-state index in [2.05, 4.69) is 5.32 Å². The summed E-state index contributed by atoms with van der Waals surface area (Å²) in [7, 11) is -3.51. The summed E-state index contributed by atoms with van der Waals surface area (Å²) in [5.41, 5.74) is 1.28. The summed E-state index contributed by atoms with van der Waals surface area (Å²) < 4.78 is 25.9. The molecule has 1 N–H and O–H groups in total. The van der Waals surface area contributed by atoms with Crippen LogP contribution in [0.2, 0.25) is 5.02 Å². The Morgan fingerprint density at radius 2 is 1.61 bits per heavy atom. The van der Waals surface area contributed by atoms with Crippen molar-refractivity contribution in [2.45, 2.75) is 52.2 Å². The molecule has 0 saturated heterocycles. The number of halogens is 1. The number of benzene rings is 2. The van der Waals surface area contributed by atoms with Crippen molar-refractivity contribution < 1.29 is 18.0 Å². The third kappa shape index (κ3) is 8.05. The minimum Gasteiger partial charge on any atom is -0.352 e. The molecule has 0 saturated carbocycles. The SMILES string of the molecule is CC(C)NC(=O)[C@H](C)N(Cc1ccccc1Cl)C(=O)CCCN(c1ccccc1)S(C)(=O)=O. The van der Waals surface area contributed by atoms with Crippen LogP contribution in [0.25, 0.3) is 0 Å². The van der Waals surface area contributed by atoms with Crippen LogP contribution >= 0.6 is 11.6 Å². The fourth-order valence-electron chi connectivity index (χ4n) is 3.40. The molecular formula is C24H32ClN3O4S. The Bertz CT molecular complexity index is 1040. The van der Waals surface area contributed by atoms with E-state index < -0.39 is 16.1 Å². The first-order valence-electron chi connectivity index (χ1n) is 10.9. The Morgan fingerprint density at radius 1 is 1.00 bits per heavy atom. The summed E-state index contributed by atoms with van der Waals surface area (Å²) in [5, 5.41) is 3.35. The summed E-state index contributed by atoms with van der Waals surface area (Å²) in [5.74, 6) is -0.504. The number of hydrogen-bond donors (Lipinski definition) is 1. The lowest BCUT2D eigenvalue weighted by Crippen LogP contribution is -2.49. The van der Waals surface area contributed by atoms with Crippen molar-refractivity contribution in [3.8, 4) is 0 Å². The summed E-state index contributed by atoms with van der Waals surface area (Å²) in [6, 6.07) is 15.2. The molecule has 0 aromatic heterocycles. The number of hydrogen-bond acceptors (Lipinski definition) is 4. The van der Waals surface area contributed by atoms with Crippen molar-refractivity contribution in [2.75, 3.05) is 17.1 Å². The van der Waals surface area contributed by atoms with Gasteiger partial charge in [0.1, 0.15) is 6.04 Å². The van der Waals surface area contributed by atoms with Gasteiger partial charge in [0.15, 0.2) is 0 Å². The third-order valence-corrected chi connectivity index (χ3v) is 6.66. The van der Waals surface area contributed by atoms with Crippen LogP contribution in [0.4, 0.5) is 5.69 Å². The van der Waals surface area contributed by atoms with Gasteiger partial charge in [-0.1, -0.05) is 48.0 Å². The minimum atomic E-state index is -3.51. The number of nitrogens with one attached hydrogen (secondary N) is 1. The quantitative estimate of drug-likeness (QED) is 0.515. The van der Waals surface area contributed by atoms with Crippen molar-refractivity contribution in [1.82, 2.24) is 10.2 Å². The van der Waals surface area contributed by atoms with E-state index in [1.807, 2.05) is 32.0 Å². The molecule has 7 nitrogen and oxygen atoms in total. The molecule has 0 aliphatic heterocycles. The Morgan fingerprint density at radius 3 is 2.18 bits per heavy atom. The molecule has 180 valence electrons. The number of anilines is 1. The molecule has 2 aromatic rings. The molecule has 0 bridgehead atoms. The maximum absolute atomic E-state index is 13.2. The molecule has 0 aliphatic rings. The van der Waals surface area contributed by atoms with Gasteiger partial charge in [-0.15, -0.1) is 0 Å². The fourth-order valence-corrected chi connectivity index (χ4v) is 4.56. The van der Waals surface area contributed by atoms with Crippen LogP contribution in [-0.4, -0.2) is 50.0 Å². The molecule has 9 heteroatoms. The highest BCUT2D eigenvalue weighted by atomic mass is 35.5. The average Bonchev–Trinajstić information content (AvgIpc) is 2.74. The number of rotatable bonds is 11. The fraction of sp³-hybridized carbons (Fsp3) is 0.417. The minimum absolute atomic E-state index is 0.0635. The second-order valence-electron chi connectivity index (χ2n) is 8.23. The monoisotopic (exact) mass is 493 g/mol. The molecule has 33 heavy (non-hydrogen) atoms. The Kier molecular flexibility index (Phi) is 9.73. The largest absolute Gasteiger partial charge is 0.352 e. The standard InChI is InChI=1S/C24H32ClN3O4S/c1-18(2)26-24(30)19(3)27(17-20-11-8-9-14-22(20)25)23(29)15-10-16-28(33(4,31)32)21-12-6-5-7-13-21/h5-9,11-14,18-19H,10,15-17H2,1-4H3,(H,26,30)/t19-/m0/s1. The van der Waals surface area contributed by atoms with Gasteiger partial charge in [-0.25, -0.2) is 8.42 Å². The van der Waals surface area contributed by atoms with E-state index in [0.29, 0.717) is 17.1 Å². The summed E-state index contributed by atoms with van der Waals surface area (Å²) in [6.45, 7) is 5.72. The smallest absolute Gasteiger partial charge is 0.242 e. The lowest BCUT2D eigenvalue weighted by molar-refractivity contribution is -0.140. The van der Waals surface area contributed by atoms with E-state index in [0.717, 1.165) is 11.8 Å². The number of sulfonamides is 1. The van der Waals surface area contributed by atoms with Gasteiger partial charge in [-0.2, -0.15) is 0 Å². The first kappa shape index (κ1) is 26.7. The zero-order valence-corrected chi connectivity index (χ0v) is 21.1. The molecule has 2 aromatic carbocycles. The maximum Gasteiger partial charge on any atom is 0.242 e. The van der Waals surface area contributed by atoms with Gasteiger partial charge in [0.2, 0.25) is 21.8 Å². The predicted molar refractivity (Wildman–Crippen MR) is 133 cm³/mol. The van der Waals surface area contributed by atoms with Crippen LogP contribution in [0.3, 0.4) is 0 Å². The molecule has 2 amide bonds. The number of amides is 2. The summed E-state index contributed by atoms with van der Waals surface area (Å²) in [4.78, 5) is 27.3. The van der Waals surface area contributed by atoms with E-state index in [-0.39, 0.29) is 37.4 Å². The van der Waals surface area contributed by atoms with E-state index in [1.165, 1.54) is 9.21 Å². The zero-order valence-electron chi connectivity index (χ0n) is 19.5. The molecule has 0 unspecified atom stereocenters. The second-order valence-corrected chi connectivity index (χ2v) is 10.5. The zero-order chi connectivity index (χ0) is 24.6. The molecular weight excluding hydrogens is 462 g/mol. The van der Waals surface area contributed by atoms with E-state index in [1.54, 1.807) is 43.3 Å². The van der Waals surface area contributed by atoms with Gasteiger partial charge in [-0.05, 0) is 51.0 Å². The number of carbonyl (C=O) groups is 2. The van der Waals surface area contributed by atoms with Gasteiger partial charge in [0.05, 0.1) is 11.9 Å². The van der Waals surface area contributed by atoms with Gasteiger partial charge < -0.3 is 10.2 Å². The normalized spacial score (nSPS) is 12.3. The molecule has 0 aliphatic carbocycles. The highest BCUT2D eigenvalue weighted by Gasteiger charge is 2.27. The highest BCUT2D eigenvalue weighted by molar-refractivity contribution is 7.92. The second kappa shape index (κ2) is 12.0. The first-order chi connectivity index (χ1) is 15.5. The van der Waals surface area contributed by atoms with Crippen LogP contribution < -0.4 is 9.62 Å². The van der Waals surface area contributed by atoms with Crippen molar-refractivity contribution in [3.63, 3.8) is 0 Å². The maximum atomic E-state index is 13.2. The first-order valence-corrected chi connectivity index (χ1v) is 13.1. The van der Waals surface area contributed by atoms with Crippen LogP contribution in [-0.2, 0) is 26.2 Å². The van der Waals surface area contributed by atoms with E-state index in [9.17, 15) is 18.0 Å². The average molecular weight is 494 g/mol. The van der Waals surface area contributed by atoms with Gasteiger partial charge >= 0.3 is 0 Å². The highest BCUT2D eigenvalue weighted by Crippen LogP contribution is 2.21. The summed E-state index contributed by atoms with van der Waals surface area (Å²) in [6.07, 6.45) is 1.53. The van der Waals surface area contributed by atoms with Crippen molar-refractivity contribution in [2.24, 2.45) is 0 Å². The molecule has 0 fully saturated rings. The molecule has 0 heterocycles. The molecule has 0 spiro atoms. The van der Waals surface area contributed by atoms with Gasteiger partial charge in [0, 0.05) is 30.6 Å². The third-order valence-electron chi connectivity index (χ3n) is 5.09.